The van der Waals surface area contributed by atoms with Gasteiger partial charge >= 0.3 is 0 Å². The van der Waals surface area contributed by atoms with Gasteiger partial charge in [-0.05, 0) is 64.2 Å². The fraction of sp³-hybridized carbons (Fsp3) is 0.790. The first kappa shape index (κ1) is 66.6. The first-order valence-electron chi connectivity index (χ1n) is 29.7. The van der Waals surface area contributed by atoms with Gasteiger partial charge in [-0.2, -0.15) is 0 Å². The molecule has 1 heterocycles. The van der Waals surface area contributed by atoms with Crippen LogP contribution in [0.25, 0.3) is 0 Å². The molecule has 0 aliphatic carbocycles. The van der Waals surface area contributed by atoms with E-state index < -0.39 is 49.5 Å². The van der Waals surface area contributed by atoms with E-state index in [0.717, 1.165) is 83.5 Å². The van der Waals surface area contributed by atoms with Crippen LogP contribution in [0.5, 0.6) is 0 Å². The summed E-state index contributed by atoms with van der Waals surface area (Å²) < 4.78 is 11.3. The molecule has 1 saturated heterocycles. The average molecular weight is 999 g/mol. The molecule has 1 fully saturated rings. The number of aliphatic hydroxyl groups is 5. The molecule has 1 aliphatic heterocycles. The number of nitrogens with one attached hydrogen (secondary N) is 1. The largest absolute Gasteiger partial charge is 0.394 e. The number of unbranched alkanes of at least 4 members (excludes halogenated alkanes) is 30. The molecule has 0 aromatic rings. The van der Waals surface area contributed by atoms with Crippen LogP contribution in [0.1, 0.15) is 258 Å². The van der Waals surface area contributed by atoms with Crippen LogP contribution in [0.2, 0.25) is 0 Å². The number of amides is 1. The van der Waals surface area contributed by atoms with Crippen LogP contribution in [-0.4, -0.2) is 87.5 Å². The maximum Gasteiger partial charge on any atom is 0.220 e. The van der Waals surface area contributed by atoms with Crippen LogP contribution < -0.4 is 5.32 Å². The fourth-order valence-corrected chi connectivity index (χ4v) is 9.13. The SMILES string of the molecule is CC/C=C\C/C=C\C/C=C\C/C=C\C/C=C\CCCCCCCCCC(=O)NC(COC1OC(CO)C(O)C(O)C1O)C(O)/C=C/CCCCCCCCCCCCCCCCCCCCCCCCC. The third-order valence-electron chi connectivity index (χ3n) is 13.8. The Hall–Kier alpha value is -2.37. The number of ether oxygens (including phenoxy) is 2. The minimum atomic E-state index is -1.57. The average Bonchev–Trinajstić information content (AvgIpc) is 3.37. The van der Waals surface area contributed by atoms with Crippen LogP contribution in [0.4, 0.5) is 0 Å². The van der Waals surface area contributed by atoms with E-state index in [1.807, 2.05) is 6.08 Å². The lowest BCUT2D eigenvalue weighted by atomic mass is 9.99. The molecule has 412 valence electrons. The zero-order valence-electron chi connectivity index (χ0n) is 45.7. The van der Waals surface area contributed by atoms with E-state index in [0.29, 0.717) is 6.42 Å². The third-order valence-corrected chi connectivity index (χ3v) is 13.8. The molecule has 0 saturated carbocycles. The third kappa shape index (κ3) is 40.7. The summed E-state index contributed by atoms with van der Waals surface area (Å²) in [6.07, 6.45) is 63.9. The molecule has 71 heavy (non-hydrogen) atoms. The van der Waals surface area contributed by atoms with Crippen molar-refractivity contribution >= 4 is 5.91 Å². The van der Waals surface area contributed by atoms with Gasteiger partial charge in [-0.1, -0.05) is 260 Å². The molecule has 9 nitrogen and oxygen atoms in total. The van der Waals surface area contributed by atoms with Gasteiger partial charge in [-0.25, -0.2) is 0 Å². The van der Waals surface area contributed by atoms with Gasteiger partial charge in [-0.15, -0.1) is 0 Å². The Balaban J connectivity index is 2.24. The van der Waals surface area contributed by atoms with E-state index in [-0.39, 0.29) is 12.5 Å². The summed E-state index contributed by atoms with van der Waals surface area (Å²) in [5.41, 5.74) is 0. The van der Waals surface area contributed by atoms with E-state index >= 15 is 0 Å². The van der Waals surface area contributed by atoms with E-state index in [4.69, 9.17) is 9.47 Å². The molecule has 0 bridgehead atoms. The predicted octanol–water partition coefficient (Wildman–Crippen LogP) is 14.8. The van der Waals surface area contributed by atoms with Crippen molar-refractivity contribution in [3.05, 3.63) is 72.9 Å². The fourth-order valence-electron chi connectivity index (χ4n) is 9.13. The van der Waals surface area contributed by atoms with Gasteiger partial charge in [0.05, 0.1) is 25.4 Å². The highest BCUT2D eigenvalue weighted by Crippen LogP contribution is 2.23. The molecule has 0 spiro atoms. The van der Waals surface area contributed by atoms with Crippen molar-refractivity contribution in [2.45, 2.75) is 301 Å². The van der Waals surface area contributed by atoms with Crippen molar-refractivity contribution in [2.24, 2.45) is 0 Å². The van der Waals surface area contributed by atoms with Gasteiger partial charge in [-0.3, -0.25) is 4.79 Å². The van der Waals surface area contributed by atoms with E-state index in [1.165, 1.54) is 154 Å². The number of allylic oxidation sites excluding steroid dienone is 11. The van der Waals surface area contributed by atoms with Gasteiger partial charge in [0, 0.05) is 6.42 Å². The Morgan fingerprint density at radius 1 is 0.493 bits per heavy atom. The Bertz CT molecular complexity index is 1340. The highest BCUT2D eigenvalue weighted by Gasteiger charge is 2.44. The number of hydrogen-bond donors (Lipinski definition) is 6. The summed E-state index contributed by atoms with van der Waals surface area (Å²) in [5.74, 6) is -0.188. The minimum absolute atomic E-state index is 0.188. The molecular formula is C62H111NO8. The maximum absolute atomic E-state index is 13.1. The summed E-state index contributed by atoms with van der Waals surface area (Å²) in [6, 6.07) is -0.816. The second kappa shape index (κ2) is 51.1. The number of aliphatic hydroxyl groups excluding tert-OH is 5. The van der Waals surface area contributed by atoms with E-state index in [9.17, 15) is 30.3 Å². The van der Waals surface area contributed by atoms with Crippen LogP contribution in [0, 0.1) is 0 Å². The number of hydrogen-bond acceptors (Lipinski definition) is 8. The maximum atomic E-state index is 13.1. The summed E-state index contributed by atoms with van der Waals surface area (Å²) in [4.78, 5) is 13.1. The van der Waals surface area contributed by atoms with Gasteiger partial charge in [0.1, 0.15) is 24.4 Å². The summed E-state index contributed by atoms with van der Waals surface area (Å²) in [5, 5.41) is 54.6. The van der Waals surface area contributed by atoms with E-state index in [2.05, 4.69) is 79.9 Å². The second-order valence-corrected chi connectivity index (χ2v) is 20.4. The zero-order valence-corrected chi connectivity index (χ0v) is 45.7. The molecular weight excluding hydrogens is 887 g/mol. The highest BCUT2D eigenvalue weighted by atomic mass is 16.7. The van der Waals surface area contributed by atoms with Gasteiger partial charge < -0.3 is 40.3 Å². The van der Waals surface area contributed by atoms with Crippen molar-refractivity contribution in [1.29, 1.82) is 0 Å². The minimum Gasteiger partial charge on any atom is -0.394 e. The summed E-state index contributed by atoms with van der Waals surface area (Å²) in [6.45, 7) is 3.68. The standard InChI is InChI=1S/C62H111NO8/c1-3-5-7-9-11-13-15-17-19-21-23-25-27-28-30-31-33-35-37-39-41-43-45-47-49-51-56(65)55(54-70-62-61(69)60(68)59(67)57(53-64)71-62)63-58(66)52-50-48-46-44-42-40-38-36-34-32-29-26-24-22-20-18-16-14-12-10-8-6-4-2/h6,8,12,14,18,20,24,26,32,34,49,51,55-57,59-62,64-65,67-69H,3-5,7,9-11,13,15-17,19,21-23,25,27-31,33,35-48,50,52-54H2,1-2H3,(H,63,66)/b8-6-,14-12-,20-18-,26-24-,34-32-,51-49+. The Morgan fingerprint density at radius 3 is 1.30 bits per heavy atom. The van der Waals surface area contributed by atoms with Crippen LogP contribution in [-0.2, 0) is 14.3 Å². The molecule has 6 N–H and O–H groups in total. The summed E-state index contributed by atoms with van der Waals surface area (Å²) >= 11 is 0. The molecule has 0 radical (unpaired) electrons. The number of carbonyl (C=O) groups is 1. The van der Waals surface area contributed by atoms with Gasteiger partial charge in [0.25, 0.3) is 0 Å². The molecule has 0 aromatic carbocycles. The van der Waals surface area contributed by atoms with Crippen LogP contribution in [0.3, 0.4) is 0 Å². The zero-order chi connectivity index (χ0) is 51.5. The second-order valence-electron chi connectivity index (χ2n) is 20.4. The Morgan fingerprint density at radius 2 is 0.873 bits per heavy atom. The predicted molar refractivity (Wildman–Crippen MR) is 299 cm³/mol. The monoisotopic (exact) mass is 998 g/mol. The van der Waals surface area contributed by atoms with Crippen LogP contribution >= 0.6 is 0 Å². The topological polar surface area (TPSA) is 149 Å². The quantitative estimate of drug-likeness (QED) is 0.0261. The van der Waals surface area contributed by atoms with Gasteiger partial charge in [0.2, 0.25) is 5.91 Å². The molecule has 7 atom stereocenters. The number of rotatable bonds is 50. The van der Waals surface area contributed by atoms with E-state index in [1.54, 1.807) is 6.08 Å². The van der Waals surface area contributed by atoms with Crippen molar-refractivity contribution in [3.8, 4) is 0 Å². The highest BCUT2D eigenvalue weighted by molar-refractivity contribution is 5.76. The molecule has 1 amide bonds. The van der Waals surface area contributed by atoms with Crippen molar-refractivity contribution < 1.29 is 39.8 Å². The van der Waals surface area contributed by atoms with Gasteiger partial charge in [0.15, 0.2) is 6.29 Å². The summed E-state index contributed by atoms with van der Waals surface area (Å²) in [7, 11) is 0. The normalized spacial score (nSPS) is 19.8. The van der Waals surface area contributed by atoms with Crippen molar-refractivity contribution in [3.63, 3.8) is 0 Å². The first-order chi connectivity index (χ1) is 34.8. The first-order valence-corrected chi connectivity index (χ1v) is 29.7. The Kier molecular flexibility index (Phi) is 48.0. The smallest absolute Gasteiger partial charge is 0.220 e. The van der Waals surface area contributed by atoms with Crippen molar-refractivity contribution in [2.75, 3.05) is 13.2 Å². The molecule has 9 heteroatoms. The molecule has 1 rings (SSSR count). The molecule has 7 unspecified atom stereocenters. The lowest BCUT2D eigenvalue weighted by Gasteiger charge is -2.40. The van der Waals surface area contributed by atoms with Crippen LogP contribution in [0.15, 0.2) is 72.9 Å². The molecule has 1 aliphatic rings. The number of carbonyl (C=O) groups excluding carboxylic acids is 1. The lowest BCUT2D eigenvalue weighted by molar-refractivity contribution is -0.302. The Labute approximate surface area is 436 Å². The lowest BCUT2D eigenvalue weighted by Crippen LogP contribution is -2.60. The van der Waals surface area contributed by atoms with Crippen molar-refractivity contribution in [1.82, 2.24) is 5.32 Å². The molecule has 0 aromatic heterocycles.